The second-order valence-electron chi connectivity index (χ2n) is 6.01. The number of hydrogen-bond donors (Lipinski definition) is 1. The van der Waals surface area contributed by atoms with Crippen LogP contribution in [-0.2, 0) is 11.3 Å². The molecule has 4 nitrogen and oxygen atoms in total. The Morgan fingerprint density at radius 3 is 2.32 bits per heavy atom. The van der Waals surface area contributed by atoms with E-state index >= 15 is 0 Å². The van der Waals surface area contributed by atoms with Gasteiger partial charge in [0.2, 0.25) is 5.91 Å². The Balaban J connectivity index is 1.95. The van der Waals surface area contributed by atoms with E-state index in [4.69, 9.17) is 4.42 Å². The molecule has 0 aliphatic rings. The topological polar surface area (TPSA) is 45.5 Å². The lowest BCUT2D eigenvalue weighted by Gasteiger charge is -2.17. The lowest BCUT2D eigenvalue weighted by Crippen LogP contribution is -2.30. The van der Waals surface area contributed by atoms with Gasteiger partial charge in [-0.3, -0.25) is 9.69 Å². The number of rotatable bonds is 5. The van der Waals surface area contributed by atoms with Crippen molar-refractivity contribution in [1.82, 2.24) is 4.90 Å². The Hall–Kier alpha value is -2.07. The van der Waals surface area contributed by atoms with Gasteiger partial charge in [0.05, 0.1) is 13.1 Å². The molecular formula is C18H24N2O2. The van der Waals surface area contributed by atoms with Crippen molar-refractivity contribution >= 4 is 11.6 Å². The van der Waals surface area contributed by atoms with Crippen LogP contribution in [0.3, 0.4) is 0 Å². The summed E-state index contributed by atoms with van der Waals surface area (Å²) in [6.45, 7) is 8.96. The van der Waals surface area contributed by atoms with Crippen LogP contribution in [0, 0.1) is 27.7 Å². The zero-order valence-corrected chi connectivity index (χ0v) is 14.0. The fourth-order valence-corrected chi connectivity index (χ4v) is 2.69. The maximum atomic E-state index is 12.2. The first kappa shape index (κ1) is 16.3. The van der Waals surface area contributed by atoms with Crippen LogP contribution in [-0.4, -0.2) is 24.4 Å². The SMILES string of the molecule is Cc1cc(C)c(NC(=O)CN(C)Cc2ccc(C)o2)c(C)c1. The van der Waals surface area contributed by atoms with E-state index in [0.717, 1.165) is 28.3 Å². The van der Waals surface area contributed by atoms with Gasteiger partial charge in [-0.05, 0) is 58.0 Å². The molecule has 2 rings (SSSR count). The molecule has 1 amide bonds. The van der Waals surface area contributed by atoms with Gasteiger partial charge in [-0.25, -0.2) is 0 Å². The Morgan fingerprint density at radius 1 is 1.14 bits per heavy atom. The summed E-state index contributed by atoms with van der Waals surface area (Å²) in [6.07, 6.45) is 0. The highest BCUT2D eigenvalue weighted by Gasteiger charge is 2.12. The molecule has 1 aromatic carbocycles. The van der Waals surface area contributed by atoms with Crippen molar-refractivity contribution in [3.8, 4) is 0 Å². The molecule has 0 unspecified atom stereocenters. The van der Waals surface area contributed by atoms with E-state index in [9.17, 15) is 4.79 Å². The first-order valence-corrected chi connectivity index (χ1v) is 7.46. The van der Waals surface area contributed by atoms with Crippen molar-refractivity contribution < 1.29 is 9.21 Å². The van der Waals surface area contributed by atoms with Crippen LogP contribution < -0.4 is 5.32 Å². The molecule has 118 valence electrons. The number of aryl methyl sites for hydroxylation is 4. The molecule has 2 aromatic rings. The third-order valence-corrected chi connectivity index (χ3v) is 3.58. The molecule has 0 aliphatic heterocycles. The third-order valence-electron chi connectivity index (χ3n) is 3.58. The molecule has 22 heavy (non-hydrogen) atoms. The van der Waals surface area contributed by atoms with Gasteiger partial charge in [0.15, 0.2) is 0 Å². The Bertz CT molecular complexity index is 650. The fourth-order valence-electron chi connectivity index (χ4n) is 2.69. The molecule has 1 N–H and O–H groups in total. The van der Waals surface area contributed by atoms with Gasteiger partial charge < -0.3 is 9.73 Å². The van der Waals surface area contributed by atoms with Crippen molar-refractivity contribution in [3.63, 3.8) is 0 Å². The fraction of sp³-hybridized carbons (Fsp3) is 0.389. The molecule has 1 aromatic heterocycles. The first-order chi connectivity index (χ1) is 10.3. The van der Waals surface area contributed by atoms with Gasteiger partial charge in [-0.15, -0.1) is 0 Å². The number of nitrogens with one attached hydrogen (secondary N) is 1. The van der Waals surface area contributed by atoms with E-state index in [1.165, 1.54) is 5.56 Å². The van der Waals surface area contributed by atoms with Crippen LogP contribution in [0.25, 0.3) is 0 Å². The largest absolute Gasteiger partial charge is 0.465 e. The molecule has 0 aliphatic carbocycles. The minimum absolute atomic E-state index is 0.0131. The van der Waals surface area contributed by atoms with Crippen LogP contribution in [0.4, 0.5) is 5.69 Å². The molecule has 0 fully saturated rings. The molecule has 0 spiro atoms. The lowest BCUT2D eigenvalue weighted by molar-refractivity contribution is -0.117. The summed E-state index contributed by atoms with van der Waals surface area (Å²) in [6, 6.07) is 8.04. The second-order valence-corrected chi connectivity index (χ2v) is 6.01. The van der Waals surface area contributed by atoms with Gasteiger partial charge >= 0.3 is 0 Å². The van der Waals surface area contributed by atoms with Crippen LogP contribution in [0.2, 0.25) is 0 Å². The van der Waals surface area contributed by atoms with E-state index in [1.54, 1.807) is 0 Å². The quantitative estimate of drug-likeness (QED) is 0.918. The number of furan rings is 1. The van der Waals surface area contributed by atoms with Gasteiger partial charge in [0, 0.05) is 5.69 Å². The highest BCUT2D eigenvalue weighted by molar-refractivity contribution is 5.93. The maximum absolute atomic E-state index is 12.2. The molecule has 0 saturated carbocycles. The minimum Gasteiger partial charge on any atom is -0.465 e. The third kappa shape index (κ3) is 4.21. The average molecular weight is 300 g/mol. The van der Waals surface area contributed by atoms with E-state index in [1.807, 2.05) is 44.9 Å². The van der Waals surface area contributed by atoms with Crippen LogP contribution >= 0.6 is 0 Å². The monoisotopic (exact) mass is 300 g/mol. The van der Waals surface area contributed by atoms with Crippen LogP contribution in [0.1, 0.15) is 28.2 Å². The van der Waals surface area contributed by atoms with E-state index in [0.29, 0.717) is 13.1 Å². The van der Waals surface area contributed by atoms with Crippen molar-refractivity contribution in [2.75, 3.05) is 18.9 Å². The van der Waals surface area contributed by atoms with Gasteiger partial charge in [0.1, 0.15) is 11.5 Å². The predicted molar refractivity (Wildman–Crippen MR) is 89.1 cm³/mol. The summed E-state index contributed by atoms with van der Waals surface area (Å²) in [7, 11) is 1.91. The summed E-state index contributed by atoms with van der Waals surface area (Å²) < 4.78 is 5.53. The first-order valence-electron chi connectivity index (χ1n) is 7.46. The average Bonchev–Trinajstić information content (AvgIpc) is 2.79. The number of carbonyl (C=O) groups excluding carboxylic acids is 1. The molecule has 0 saturated heterocycles. The van der Waals surface area contributed by atoms with Crippen molar-refractivity contribution in [2.24, 2.45) is 0 Å². The summed E-state index contributed by atoms with van der Waals surface area (Å²) in [5, 5.41) is 3.02. The number of nitrogens with zero attached hydrogens (tertiary/aromatic N) is 1. The van der Waals surface area contributed by atoms with Crippen LogP contribution in [0.15, 0.2) is 28.7 Å². The standard InChI is InChI=1S/C18H24N2O2/c1-12-8-13(2)18(14(3)9-12)19-17(21)11-20(5)10-16-7-6-15(4)22-16/h6-9H,10-11H2,1-5H3,(H,19,21). The van der Waals surface area contributed by atoms with Gasteiger partial charge in [-0.2, -0.15) is 0 Å². The van der Waals surface area contributed by atoms with Crippen molar-refractivity contribution in [1.29, 1.82) is 0 Å². The number of carbonyl (C=O) groups is 1. The Labute approximate surface area is 132 Å². The Kier molecular flexibility index (Phi) is 5.03. The minimum atomic E-state index is -0.0131. The Morgan fingerprint density at radius 2 is 1.77 bits per heavy atom. The van der Waals surface area contributed by atoms with E-state index in [2.05, 4.69) is 24.4 Å². The molecule has 4 heteroatoms. The number of hydrogen-bond acceptors (Lipinski definition) is 3. The smallest absolute Gasteiger partial charge is 0.238 e. The lowest BCUT2D eigenvalue weighted by atomic mass is 10.1. The number of anilines is 1. The molecule has 0 radical (unpaired) electrons. The maximum Gasteiger partial charge on any atom is 0.238 e. The molecule has 0 bridgehead atoms. The highest BCUT2D eigenvalue weighted by atomic mass is 16.3. The van der Waals surface area contributed by atoms with Gasteiger partial charge in [-0.1, -0.05) is 17.7 Å². The molecule has 1 heterocycles. The van der Waals surface area contributed by atoms with Crippen molar-refractivity contribution in [2.45, 2.75) is 34.2 Å². The van der Waals surface area contributed by atoms with Crippen molar-refractivity contribution in [3.05, 3.63) is 52.5 Å². The zero-order chi connectivity index (χ0) is 16.3. The van der Waals surface area contributed by atoms with Gasteiger partial charge in [0.25, 0.3) is 0 Å². The normalized spacial score (nSPS) is 11.0. The summed E-state index contributed by atoms with van der Waals surface area (Å²) in [5.74, 6) is 1.75. The summed E-state index contributed by atoms with van der Waals surface area (Å²) in [4.78, 5) is 14.2. The number of benzene rings is 1. The highest BCUT2D eigenvalue weighted by Crippen LogP contribution is 2.21. The van der Waals surface area contributed by atoms with E-state index < -0.39 is 0 Å². The molecule has 0 atom stereocenters. The van der Waals surface area contributed by atoms with E-state index in [-0.39, 0.29) is 5.91 Å². The zero-order valence-electron chi connectivity index (χ0n) is 14.0. The summed E-state index contributed by atoms with van der Waals surface area (Å²) in [5.41, 5.74) is 4.31. The van der Waals surface area contributed by atoms with Crippen LogP contribution in [0.5, 0.6) is 0 Å². The molecular weight excluding hydrogens is 276 g/mol. The summed E-state index contributed by atoms with van der Waals surface area (Å²) >= 11 is 0. The number of amides is 1. The number of likely N-dealkylation sites (N-methyl/N-ethyl adjacent to an activating group) is 1. The second kappa shape index (κ2) is 6.79. The predicted octanol–water partition coefficient (Wildman–Crippen LogP) is 3.58.